The van der Waals surface area contributed by atoms with E-state index in [9.17, 15) is 4.39 Å². The summed E-state index contributed by atoms with van der Waals surface area (Å²) < 4.78 is 15.2. The molecule has 2 aromatic rings. The molecule has 0 aliphatic heterocycles. The molecule has 15 heavy (non-hydrogen) atoms. The molecular weight excluding hydrogens is 263 g/mol. The van der Waals surface area contributed by atoms with Crippen LogP contribution in [0.3, 0.4) is 0 Å². The van der Waals surface area contributed by atoms with E-state index < -0.39 is 5.95 Å². The maximum Gasteiger partial charge on any atom is 0.230 e. The highest BCUT2D eigenvalue weighted by molar-refractivity contribution is 9.10. The van der Waals surface area contributed by atoms with E-state index in [4.69, 9.17) is 0 Å². The third kappa shape index (κ3) is 2.20. The van der Waals surface area contributed by atoms with E-state index >= 15 is 0 Å². The van der Waals surface area contributed by atoms with Gasteiger partial charge in [0.2, 0.25) is 5.95 Å². The second kappa shape index (κ2) is 4.06. The summed E-state index contributed by atoms with van der Waals surface area (Å²) >= 11 is 3.00. The first kappa shape index (κ1) is 10.2. The summed E-state index contributed by atoms with van der Waals surface area (Å²) in [5.74, 6) is 0.733. The molecule has 0 radical (unpaired) electrons. The number of hydrogen-bond donors (Lipinski definition) is 0. The molecule has 0 saturated heterocycles. The lowest BCUT2D eigenvalue weighted by Crippen LogP contribution is -2.06. The van der Waals surface area contributed by atoms with Crippen LogP contribution in [0, 0.1) is 12.9 Å². The fourth-order valence-corrected chi connectivity index (χ4v) is 1.37. The number of rotatable bonds is 2. The fraction of sp³-hybridized carbons (Fsp3) is 0.222. The van der Waals surface area contributed by atoms with E-state index in [1.807, 2.05) is 11.5 Å². The van der Waals surface area contributed by atoms with Gasteiger partial charge in [-0.2, -0.15) is 4.39 Å². The van der Waals surface area contributed by atoms with Crippen LogP contribution in [-0.2, 0) is 6.54 Å². The van der Waals surface area contributed by atoms with E-state index in [0.717, 1.165) is 5.82 Å². The smallest absolute Gasteiger partial charge is 0.230 e. The van der Waals surface area contributed by atoms with Crippen LogP contribution < -0.4 is 0 Å². The molecule has 2 rings (SSSR count). The highest BCUT2D eigenvalue weighted by Gasteiger charge is 2.05. The molecule has 0 aromatic carbocycles. The van der Waals surface area contributed by atoms with Crippen molar-refractivity contribution in [2.24, 2.45) is 0 Å². The zero-order valence-electron chi connectivity index (χ0n) is 7.98. The molecule has 0 saturated carbocycles. The van der Waals surface area contributed by atoms with Crippen molar-refractivity contribution in [3.8, 4) is 0 Å². The maximum absolute atomic E-state index is 13.1. The van der Waals surface area contributed by atoms with Crippen molar-refractivity contribution in [2.45, 2.75) is 13.5 Å². The van der Waals surface area contributed by atoms with E-state index in [1.165, 1.54) is 6.20 Å². The molecule has 0 aliphatic rings. The lowest BCUT2D eigenvalue weighted by molar-refractivity contribution is 0.555. The highest BCUT2D eigenvalue weighted by atomic mass is 79.9. The van der Waals surface area contributed by atoms with Gasteiger partial charge in [-0.25, -0.2) is 15.0 Å². The van der Waals surface area contributed by atoms with Crippen LogP contribution in [0.2, 0.25) is 0 Å². The van der Waals surface area contributed by atoms with Gasteiger partial charge in [0.15, 0.2) is 5.82 Å². The zero-order chi connectivity index (χ0) is 10.8. The lowest BCUT2D eigenvalue weighted by atomic mass is 10.5. The summed E-state index contributed by atoms with van der Waals surface area (Å²) in [6, 6.07) is 0. The SMILES string of the molecule is Cc1nccn1Cc1ncc(Br)c(F)n1. The normalized spacial score (nSPS) is 10.6. The van der Waals surface area contributed by atoms with Crippen LogP contribution in [0.25, 0.3) is 0 Å². The molecule has 2 aromatic heterocycles. The van der Waals surface area contributed by atoms with Crippen LogP contribution in [0.5, 0.6) is 0 Å². The van der Waals surface area contributed by atoms with Crippen LogP contribution in [0.4, 0.5) is 4.39 Å². The van der Waals surface area contributed by atoms with Gasteiger partial charge in [-0.1, -0.05) is 0 Å². The zero-order valence-corrected chi connectivity index (χ0v) is 9.57. The molecule has 0 bridgehead atoms. The Morgan fingerprint density at radius 2 is 2.27 bits per heavy atom. The highest BCUT2D eigenvalue weighted by Crippen LogP contribution is 2.11. The van der Waals surface area contributed by atoms with Crippen molar-refractivity contribution in [2.75, 3.05) is 0 Å². The first-order valence-corrected chi connectivity index (χ1v) is 5.11. The Labute approximate surface area is 94.3 Å². The van der Waals surface area contributed by atoms with Gasteiger partial charge in [0.1, 0.15) is 5.82 Å². The van der Waals surface area contributed by atoms with Crippen molar-refractivity contribution in [1.82, 2.24) is 19.5 Å². The van der Waals surface area contributed by atoms with Crippen LogP contribution in [0.15, 0.2) is 23.1 Å². The molecule has 78 valence electrons. The average molecular weight is 271 g/mol. The first-order chi connectivity index (χ1) is 7.16. The summed E-state index contributed by atoms with van der Waals surface area (Å²) in [5, 5.41) is 0. The summed E-state index contributed by atoms with van der Waals surface area (Å²) in [6.07, 6.45) is 4.90. The Balaban J connectivity index is 2.25. The Hall–Kier alpha value is -1.30. The minimum absolute atomic E-state index is 0.272. The van der Waals surface area contributed by atoms with Gasteiger partial charge in [0.25, 0.3) is 0 Å². The van der Waals surface area contributed by atoms with Crippen LogP contribution >= 0.6 is 15.9 Å². The number of nitrogens with zero attached hydrogens (tertiary/aromatic N) is 4. The molecule has 0 aliphatic carbocycles. The Bertz CT molecular complexity index is 483. The predicted molar refractivity (Wildman–Crippen MR) is 55.8 cm³/mol. The second-order valence-corrected chi connectivity index (χ2v) is 3.88. The molecule has 0 unspecified atom stereocenters. The quantitative estimate of drug-likeness (QED) is 0.784. The molecule has 0 fully saturated rings. The molecule has 4 nitrogen and oxygen atoms in total. The number of aromatic nitrogens is 4. The predicted octanol–water partition coefficient (Wildman–Crippen LogP) is 1.93. The largest absolute Gasteiger partial charge is 0.328 e. The molecule has 0 amide bonds. The number of aryl methyl sites for hydroxylation is 1. The summed E-state index contributed by atoms with van der Waals surface area (Å²) in [6.45, 7) is 2.30. The Kier molecular flexibility index (Phi) is 2.77. The van der Waals surface area contributed by atoms with Crippen molar-refractivity contribution < 1.29 is 4.39 Å². The fourth-order valence-electron chi connectivity index (χ4n) is 1.18. The number of hydrogen-bond acceptors (Lipinski definition) is 3. The van der Waals surface area contributed by atoms with Gasteiger partial charge in [-0.3, -0.25) is 0 Å². The van der Waals surface area contributed by atoms with Crippen molar-refractivity contribution in [3.05, 3.63) is 40.7 Å². The molecule has 0 spiro atoms. The van der Waals surface area contributed by atoms with Gasteiger partial charge >= 0.3 is 0 Å². The number of imidazole rings is 1. The van der Waals surface area contributed by atoms with Gasteiger partial charge in [0, 0.05) is 18.6 Å². The Morgan fingerprint density at radius 1 is 1.47 bits per heavy atom. The summed E-state index contributed by atoms with van der Waals surface area (Å²) in [5.41, 5.74) is 0. The van der Waals surface area contributed by atoms with E-state index in [1.54, 1.807) is 12.4 Å². The average Bonchev–Trinajstić information content (AvgIpc) is 2.59. The maximum atomic E-state index is 13.1. The van der Waals surface area contributed by atoms with Crippen molar-refractivity contribution >= 4 is 15.9 Å². The molecule has 6 heteroatoms. The van der Waals surface area contributed by atoms with E-state index in [2.05, 4.69) is 30.9 Å². The molecule has 0 atom stereocenters. The molecular formula is C9H8BrFN4. The minimum Gasteiger partial charge on any atom is -0.328 e. The molecule has 0 N–H and O–H groups in total. The third-order valence-corrected chi connectivity index (χ3v) is 2.52. The third-order valence-electron chi connectivity index (χ3n) is 1.99. The van der Waals surface area contributed by atoms with Gasteiger partial charge in [0.05, 0.1) is 11.0 Å². The second-order valence-electron chi connectivity index (χ2n) is 3.03. The van der Waals surface area contributed by atoms with Crippen LogP contribution in [0.1, 0.15) is 11.6 Å². The molecule has 2 heterocycles. The summed E-state index contributed by atoms with van der Waals surface area (Å²) in [7, 11) is 0. The Morgan fingerprint density at radius 3 is 2.87 bits per heavy atom. The van der Waals surface area contributed by atoms with E-state index in [0.29, 0.717) is 12.4 Å². The van der Waals surface area contributed by atoms with Crippen molar-refractivity contribution in [1.29, 1.82) is 0 Å². The van der Waals surface area contributed by atoms with Gasteiger partial charge in [-0.05, 0) is 22.9 Å². The van der Waals surface area contributed by atoms with Gasteiger partial charge < -0.3 is 4.57 Å². The first-order valence-electron chi connectivity index (χ1n) is 4.31. The van der Waals surface area contributed by atoms with Crippen molar-refractivity contribution in [3.63, 3.8) is 0 Å². The monoisotopic (exact) mass is 270 g/mol. The summed E-state index contributed by atoms with van der Waals surface area (Å²) in [4.78, 5) is 11.8. The number of halogens is 2. The van der Waals surface area contributed by atoms with Crippen LogP contribution in [-0.4, -0.2) is 19.5 Å². The minimum atomic E-state index is -0.544. The lowest BCUT2D eigenvalue weighted by Gasteiger charge is -2.03. The van der Waals surface area contributed by atoms with E-state index in [-0.39, 0.29) is 4.47 Å². The topological polar surface area (TPSA) is 43.6 Å². The van der Waals surface area contributed by atoms with Gasteiger partial charge in [-0.15, -0.1) is 0 Å². The standard InChI is InChI=1S/C9H8BrFN4/c1-6-12-2-3-15(6)5-8-13-4-7(10)9(11)14-8/h2-4H,5H2,1H3.